The second-order valence-electron chi connectivity index (χ2n) is 18.4. The van der Waals surface area contributed by atoms with Crippen molar-refractivity contribution in [1.82, 2.24) is 4.90 Å². The van der Waals surface area contributed by atoms with Crippen molar-refractivity contribution in [1.29, 1.82) is 0 Å². The summed E-state index contributed by atoms with van der Waals surface area (Å²) in [6, 6.07) is 16.9. The number of benzene rings is 2. The molecule has 10 rings (SSSR count). The topological polar surface area (TPSA) is 73.9 Å². The summed E-state index contributed by atoms with van der Waals surface area (Å²) in [6.45, 7) is 7.14. The number of allylic oxidation sites excluding steroid dienone is 4. The normalized spacial score (nSPS) is 37.3. The standard InChI is InChI=1S/C46H51ClF3NO4/c1-41-17-12-32(52)26-43(41)20-21-45(34(27-43)40(53)37-11-10-36(55-37)33-25-31(46(48,49)50)8-9-35(33)47)38(41)13-18-42(2)39(45)14-19-44(42,54)28-51-22-15-30(16-23-51)24-29-6-4-3-5-7-29/h3-11,20-21,25,27,30,32,38-39,52,54H,12-19,22-24,26,28H2,1-2H3/t32?,38-,39-,41-,42+,43+,44-,45-/m1/s1. The third-order valence-electron chi connectivity index (χ3n) is 15.9. The number of halogens is 4. The maximum atomic E-state index is 15.0. The zero-order valence-electron chi connectivity index (χ0n) is 31.7. The Morgan fingerprint density at radius 2 is 1.62 bits per heavy atom. The van der Waals surface area contributed by atoms with Crippen LogP contribution in [0.4, 0.5) is 13.2 Å². The highest BCUT2D eigenvalue weighted by Crippen LogP contribution is 2.78. The highest BCUT2D eigenvalue weighted by atomic mass is 35.5. The second kappa shape index (κ2) is 12.9. The molecule has 0 radical (unpaired) electrons. The molecule has 3 saturated carbocycles. The number of hydrogen-bond donors (Lipinski definition) is 2. The molecule has 1 aliphatic heterocycles. The molecule has 7 aliphatic rings. The van der Waals surface area contributed by atoms with Gasteiger partial charge in [-0.15, -0.1) is 0 Å². The number of carbonyl (C=O) groups excluding carboxylic acids is 1. The molecule has 2 N–H and O–H groups in total. The molecular formula is C46H51ClF3NO4. The third kappa shape index (κ3) is 5.62. The van der Waals surface area contributed by atoms with Gasteiger partial charge in [0.1, 0.15) is 5.76 Å². The number of aliphatic hydroxyl groups excluding tert-OH is 1. The smallest absolute Gasteiger partial charge is 0.416 e. The van der Waals surface area contributed by atoms with E-state index in [9.17, 15) is 23.4 Å². The largest absolute Gasteiger partial charge is 0.453 e. The maximum absolute atomic E-state index is 15.0. The molecular weight excluding hydrogens is 723 g/mol. The lowest BCUT2D eigenvalue weighted by Gasteiger charge is -2.71. The molecule has 55 heavy (non-hydrogen) atoms. The fourth-order valence-electron chi connectivity index (χ4n) is 12.9. The molecule has 9 heteroatoms. The van der Waals surface area contributed by atoms with E-state index in [1.165, 1.54) is 17.7 Å². The van der Waals surface area contributed by atoms with Crippen molar-refractivity contribution < 1.29 is 32.6 Å². The van der Waals surface area contributed by atoms with E-state index in [4.69, 9.17) is 16.0 Å². The van der Waals surface area contributed by atoms with Crippen LogP contribution in [0.15, 0.2) is 88.9 Å². The van der Waals surface area contributed by atoms with Crippen LogP contribution in [0.1, 0.15) is 93.3 Å². The van der Waals surface area contributed by atoms with Gasteiger partial charge in [0.2, 0.25) is 5.78 Å². The second-order valence-corrected chi connectivity index (χ2v) is 18.8. The Morgan fingerprint density at radius 1 is 0.909 bits per heavy atom. The summed E-state index contributed by atoms with van der Waals surface area (Å²) in [6.07, 6.45) is 10.1. The van der Waals surface area contributed by atoms with Gasteiger partial charge in [-0.3, -0.25) is 4.79 Å². The van der Waals surface area contributed by atoms with Gasteiger partial charge in [0.25, 0.3) is 0 Å². The Kier molecular flexibility index (Phi) is 8.79. The lowest BCUT2D eigenvalue weighted by Crippen LogP contribution is -2.67. The number of nitrogens with zero attached hydrogens (tertiary/aromatic N) is 1. The summed E-state index contributed by atoms with van der Waals surface area (Å²) < 4.78 is 47.1. The lowest BCUT2D eigenvalue weighted by molar-refractivity contribution is -0.177. The zero-order chi connectivity index (χ0) is 38.6. The van der Waals surface area contributed by atoms with Crippen LogP contribution in [0.5, 0.6) is 0 Å². The zero-order valence-corrected chi connectivity index (χ0v) is 32.4. The average molecular weight is 774 g/mol. The molecule has 2 bridgehead atoms. The molecule has 4 fully saturated rings. The number of alkyl halides is 3. The van der Waals surface area contributed by atoms with Gasteiger partial charge in [-0.05, 0) is 136 Å². The Labute approximate surface area is 326 Å². The highest BCUT2D eigenvalue weighted by Gasteiger charge is 2.74. The molecule has 2 heterocycles. The number of rotatable bonds is 7. The Hall–Kier alpha value is -3.17. The summed E-state index contributed by atoms with van der Waals surface area (Å²) >= 11 is 6.39. The molecule has 8 atom stereocenters. The number of likely N-dealkylation sites (tertiary alicyclic amines) is 1. The van der Waals surface area contributed by atoms with Crippen LogP contribution < -0.4 is 0 Å². The first kappa shape index (κ1) is 37.4. The lowest BCUT2D eigenvalue weighted by atomic mass is 9.32. The summed E-state index contributed by atoms with van der Waals surface area (Å²) in [5.41, 5.74) is -1.53. The molecule has 292 valence electrons. The molecule has 1 unspecified atom stereocenters. The Balaban J connectivity index is 1.04. The van der Waals surface area contributed by atoms with Crippen LogP contribution >= 0.6 is 11.6 Å². The van der Waals surface area contributed by atoms with Gasteiger partial charge in [-0.25, -0.2) is 0 Å². The predicted molar refractivity (Wildman–Crippen MR) is 206 cm³/mol. The molecule has 1 aromatic heterocycles. The minimum Gasteiger partial charge on any atom is -0.453 e. The van der Waals surface area contributed by atoms with Crippen LogP contribution in [-0.4, -0.2) is 52.2 Å². The van der Waals surface area contributed by atoms with E-state index in [1.807, 2.05) is 0 Å². The van der Waals surface area contributed by atoms with Gasteiger partial charge in [0.15, 0.2) is 5.76 Å². The fraction of sp³-hybridized carbons (Fsp3) is 0.543. The molecule has 1 saturated heterocycles. The first-order chi connectivity index (χ1) is 26.1. The molecule has 6 aliphatic carbocycles. The summed E-state index contributed by atoms with van der Waals surface area (Å²) in [5.74, 6) is 0.591. The van der Waals surface area contributed by atoms with E-state index >= 15 is 4.79 Å². The van der Waals surface area contributed by atoms with E-state index in [0.717, 1.165) is 70.2 Å². The van der Waals surface area contributed by atoms with E-state index in [1.54, 1.807) is 6.07 Å². The first-order valence-corrected chi connectivity index (χ1v) is 20.6. The highest BCUT2D eigenvalue weighted by molar-refractivity contribution is 6.33. The molecule has 3 aromatic rings. The number of hydrogen-bond acceptors (Lipinski definition) is 5. The van der Waals surface area contributed by atoms with E-state index < -0.39 is 39.7 Å². The van der Waals surface area contributed by atoms with Gasteiger partial charge >= 0.3 is 6.18 Å². The number of carbonyl (C=O) groups is 1. The van der Waals surface area contributed by atoms with Gasteiger partial charge in [-0.2, -0.15) is 13.2 Å². The van der Waals surface area contributed by atoms with Crippen LogP contribution in [0, 0.1) is 39.4 Å². The van der Waals surface area contributed by atoms with Crippen molar-refractivity contribution >= 4 is 17.4 Å². The Morgan fingerprint density at radius 3 is 2.36 bits per heavy atom. The molecule has 2 aromatic carbocycles. The van der Waals surface area contributed by atoms with Crippen LogP contribution in [-0.2, 0) is 12.6 Å². The number of Topliss-reactive ketones (excluding diaryl/α,β-unsaturated/α-hetero) is 1. The SMILES string of the molecule is C[C@]12CC[C@H]3[C@]4(C=C[C@@]5(C=C4C(=O)c4ccc(-c6cc(C(F)(F)F)ccc6Cl)o4)CC(O)CC[C@]35C)[C@@H]1CC[C@@]2(O)CN1CCC(Cc2ccccc2)CC1. The number of β-amino-alcohol motifs (C(OH)–C–C–N with tert-alkyl or cyclic N) is 1. The van der Waals surface area contributed by atoms with Gasteiger partial charge in [0.05, 0.1) is 22.3 Å². The maximum Gasteiger partial charge on any atom is 0.416 e. The molecule has 0 amide bonds. The number of piperidine rings is 1. The Bertz CT molecular complexity index is 2050. The predicted octanol–water partition coefficient (Wildman–Crippen LogP) is 10.3. The van der Waals surface area contributed by atoms with Crippen LogP contribution in [0.2, 0.25) is 5.02 Å². The summed E-state index contributed by atoms with van der Waals surface area (Å²) in [5, 5.41) is 24.1. The van der Waals surface area contributed by atoms with Gasteiger partial charge < -0.3 is 19.5 Å². The van der Waals surface area contributed by atoms with E-state index in [2.05, 4.69) is 67.3 Å². The molecule has 5 nitrogen and oxygen atoms in total. The van der Waals surface area contributed by atoms with Crippen molar-refractivity contribution in [2.75, 3.05) is 19.6 Å². The number of fused-ring (bicyclic) bond motifs is 1. The first-order valence-electron chi connectivity index (χ1n) is 20.2. The van der Waals surface area contributed by atoms with Crippen LogP contribution in [0.25, 0.3) is 11.3 Å². The van der Waals surface area contributed by atoms with E-state index in [0.29, 0.717) is 37.3 Å². The summed E-state index contributed by atoms with van der Waals surface area (Å²) in [4.78, 5) is 17.5. The van der Waals surface area contributed by atoms with Crippen molar-refractivity contribution in [3.05, 3.63) is 106 Å². The average Bonchev–Trinajstić information content (AvgIpc) is 3.75. The van der Waals surface area contributed by atoms with Gasteiger partial charge in [0, 0.05) is 33.9 Å². The minimum absolute atomic E-state index is 0.0138. The molecule has 2 spiro atoms. The quantitative estimate of drug-likeness (QED) is 0.185. The monoisotopic (exact) mass is 773 g/mol. The number of aliphatic hydroxyl groups is 2. The summed E-state index contributed by atoms with van der Waals surface area (Å²) in [7, 11) is 0. The van der Waals surface area contributed by atoms with Crippen molar-refractivity contribution in [2.24, 2.45) is 39.4 Å². The number of ketones is 1. The van der Waals surface area contributed by atoms with Crippen LogP contribution in [0.3, 0.4) is 0 Å². The van der Waals surface area contributed by atoms with E-state index in [-0.39, 0.29) is 45.1 Å². The van der Waals surface area contributed by atoms with Crippen molar-refractivity contribution in [3.63, 3.8) is 0 Å². The fourth-order valence-corrected chi connectivity index (χ4v) is 13.1. The van der Waals surface area contributed by atoms with Crippen molar-refractivity contribution in [3.8, 4) is 11.3 Å². The van der Waals surface area contributed by atoms with Gasteiger partial charge in [-0.1, -0.05) is 74.0 Å². The van der Waals surface area contributed by atoms with Crippen molar-refractivity contribution in [2.45, 2.75) is 95.9 Å². The number of furan rings is 1. The third-order valence-corrected chi connectivity index (χ3v) is 16.2. The minimum atomic E-state index is -4.57.